The highest BCUT2D eigenvalue weighted by Gasteiger charge is 2.32. The van der Waals surface area contributed by atoms with Crippen molar-refractivity contribution in [3.63, 3.8) is 0 Å². The van der Waals surface area contributed by atoms with E-state index in [1.165, 1.54) is 19.3 Å². The quantitative estimate of drug-likeness (QED) is 0.587. The van der Waals surface area contributed by atoms with Gasteiger partial charge in [0.2, 0.25) is 0 Å². The van der Waals surface area contributed by atoms with Crippen molar-refractivity contribution in [2.24, 2.45) is 16.8 Å². The predicted octanol–water partition coefficient (Wildman–Crippen LogP) is 0.848. The van der Waals surface area contributed by atoms with Crippen molar-refractivity contribution in [3.05, 3.63) is 0 Å². The van der Waals surface area contributed by atoms with Gasteiger partial charge in [0, 0.05) is 6.42 Å². The Hall–Kier alpha value is -0.730. The van der Waals surface area contributed by atoms with Gasteiger partial charge in [0.25, 0.3) is 0 Å². The third kappa shape index (κ3) is 0.856. The van der Waals surface area contributed by atoms with Crippen molar-refractivity contribution in [3.8, 4) is 0 Å². The summed E-state index contributed by atoms with van der Waals surface area (Å²) in [5, 5.41) is 3.71. The maximum Gasteiger partial charge on any atom is 0.143 e. The summed E-state index contributed by atoms with van der Waals surface area (Å²) in [5.41, 5.74) is 5.47. The van der Waals surface area contributed by atoms with Crippen LogP contribution >= 0.6 is 0 Å². The summed E-state index contributed by atoms with van der Waals surface area (Å²) in [6.45, 7) is 0. The van der Waals surface area contributed by atoms with Crippen LogP contribution in [0.5, 0.6) is 0 Å². The lowest BCUT2D eigenvalue weighted by Gasteiger charge is -2.28. The van der Waals surface area contributed by atoms with Gasteiger partial charge in [0.1, 0.15) is 11.9 Å². The summed E-state index contributed by atoms with van der Waals surface area (Å²) in [7, 11) is 0. The van der Waals surface area contributed by atoms with Crippen molar-refractivity contribution in [2.45, 2.75) is 31.8 Å². The molecule has 1 atom stereocenters. The van der Waals surface area contributed by atoms with Gasteiger partial charge < -0.3 is 10.6 Å². The average molecular weight is 140 g/mol. The van der Waals surface area contributed by atoms with Crippen molar-refractivity contribution >= 4 is 5.84 Å². The highest BCUT2D eigenvalue weighted by atomic mass is 16.6. The maximum absolute atomic E-state index is 5.47. The number of nitrogens with two attached hydrogens (primary N) is 1. The van der Waals surface area contributed by atoms with Crippen molar-refractivity contribution < 1.29 is 4.84 Å². The van der Waals surface area contributed by atoms with Gasteiger partial charge in [-0.05, 0) is 18.8 Å². The zero-order valence-corrected chi connectivity index (χ0v) is 5.92. The van der Waals surface area contributed by atoms with Crippen LogP contribution < -0.4 is 5.73 Å². The molecule has 1 unspecified atom stereocenters. The first-order valence-corrected chi connectivity index (χ1v) is 3.84. The molecule has 0 amide bonds. The van der Waals surface area contributed by atoms with E-state index in [-0.39, 0.29) is 0 Å². The van der Waals surface area contributed by atoms with Crippen LogP contribution in [0, 0.1) is 5.92 Å². The molecule has 0 spiro atoms. The molecule has 1 heterocycles. The number of oxime groups is 1. The number of rotatable bonds is 1. The molecule has 0 aromatic heterocycles. The fourth-order valence-corrected chi connectivity index (χ4v) is 1.48. The highest BCUT2D eigenvalue weighted by Crippen LogP contribution is 2.34. The van der Waals surface area contributed by atoms with Gasteiger partial charge in [-0.25, -0.2) is 0 Å². The topological polar surface area (TPSA) is 47.6 Å². The third-order valence-electron chi connectivity index (χ3n) is 2.39. The molecule has 0 bridgehead atoms. The van der Waals surface area contributed by atoms with Gasteiger partial charge in [-0.15, -0.1) is 0 Å². The van der Waals surface area contributed by atoms with E-state index in [4.69, 9.17) is 10.6 Å². The lowest BCUT2D eigenvalue weighted by atomic mass is 9.80. The first kappa shape index (κ1) is 6.01. The second-order valence-electron chi connectivity index (χ2n) is 3.12. The Labute approximate surface area is 60.2 Å². The van der Waals surface area contributed by atoms with Crippen LogP contribution in [-0.2, 0) is 4.84 Å². The smallest absolute Gasteiger partial charge is 0.143 e. The molecule has 56 valence electrons. The Kier molecular flexibility index (Phi) is 1.29. The normalized spacial score (nSPS) is 32.8. The van der Waals surface area contributed by atoms with E-state index in [1.54, 1.807) is 0 Å². The summed E-state index contributed by atoms with van der Waals surface area (Å²) < 4.78 is 0. The van der Waals surface area contributed by atoms with Crippen molar-refractivity contribution in [1.82, 2.24) is 0 Å². The van der Waals surface area contributed by atoms with E-state index in [0.717, 1.165) is 12.3 Å². The second kappa shape index (κ2) is 2.15. The molecule has 0 aromatic carbocycles. The Morgan fingerprint density at radius 3 is 2.70 bits per heavy atom. The van der Waals surface area contributed by atoms with E-state index >= 15 is 0 Å². The second-order valence-corrected chi connectivity index (χ2v) is 3.12. The van der Waals surface area contributed by atoms with E-state index in [1.807, 2.05) is 0 Å². The molecule has 1 aliphatic carbocycles. The zero-order valence-electron chi connectivity index (χ0n) is 5.92. The van der Waals surface area contributed by atoms with Gasteiger partial charge in [0.05, 0.1) is 0 Å². The van der Waals surface area contributed by atoms with E-state index in [0.29, 0.717) is 11.9 Å². The Morgan fingerprint density at radius 1 is 1.50 bits per heavy atom. The number of nitrogens with zero attached hydrogens (tertiary/aromatic N) is 1. The van der Waals surface area contributed by atoms with Gasteiger partial charge in [0.15, 0.2) is 0 Å². The summed E-state index contributed by atoms with van der Waals surface area (Å²) in [5.74, 6) is 1.40. The molecule has 0 aromatic rings. The first-order chi connectivity index (χ1) is 4.86. The summed E-state index contributed by atoms with van der Waals surface area (Å²) in [6, 6.07) is 0. The summed E-state index contributed by atoms with van der Waals surface area (Å²) in [4.78, 5) is 5.13. The lowest BCUT2D eigenvalue weighted by molar-refractivity contribution is 0.0112. The van der Waals surface area contributed by atoms with Crippen LogP contribution in [0.3, 0.4) is 0 Å². The Bertz CT molecular complexity index is 163. The third-order valence-corrected chi connectivity index (χ3v) is 2.39. The van der Waals surface area contributed by atoms with Crippen LogP contribution in [0.1, 0.15) is 25.7 Å². The van der Waals surface area contributed by atoms with Gasteiger partial charge in [-0.1, -0.05) is 11.6 Å². The molecule has 2 aliphatic rings. The minimum absolute atomic E-state index is 0.314. The molecule has 2 N–H and O–H groups in total. The summed E-state index contributed by atoms with van der Waals surface area (Å²) in [6.07, 6.45) is 5.12. The molecule has 1 aliphatic heterocycles. The van der Waals surface area contributed by atoms with Gasteiger partial charge >= 0.3 is 0 Å². The van der Waals surface area contributed by atoms with E-state index in [9.17, 15) is 0 Å². The van der Waals surface area contributed by atoms with Crippen LogP contribution in [0.2, 0.25) is 0 Å². The highest BCUT2D eigenvalue weighted by molar-refractivity contribution is 5.81. The molecule has 3 heteroatoms. The minimum Gasteiger partial charge on any atom is -0.390 e. The Morgan fingerprint density at radius 2 is 2.30 bits per heavy atom. The summed E-state index contributed by atoms with van der Waals surface area (Å²) >= 11 is 0. The number of amidine groups is 1. The van der Waals surface area contributed by atoms with Crippen molar-refractivity contribution in [1.29, 1.82) is 0 Å². The Balaban J connectivity index is 1.86. The number of hydrogen-bond donors (Lipinski definition) is 1. The SMILES string of the molecule is NC1=NOC(C2CCC2)C1. The largest absolute Gasteiger partial charge is 0.390 e. The maximum atomic E-state index is 5.47. The van der Waals surface area contributed by atoms with Gasteiger partial charge in [-0.2, -0.15) is 0 Å². The van der Waals surface area contributed by atoms with Crippen molar-refractivity contribution in [2.75, 3.05) is 0 Å². The average Bonchev–Trinajstić information content (AvgIpc) is 2.10. The molecular formula is C7H12N2O. The molecule has 10 heavy (non-hydrogen) atoms. The predicted molar refractivity (Wildman–Crippen MR) is 38.5 cm³/mol. The van der Waals surface area contributed by atoms with Crippen LogP contribution in [0.15, 0.2) is 5.16 Å². The number of hydrogen-bond acceptors (Lipinski definition) is 3. The zero-order chi connectivity index (χ0) is 6.97. The monoisotopic (exact) mass is 140 g/mol. The van der Waals surface area contributed by atoms with E-state index < -0.39 is 0 Å². The molecule has 0 radical (unpaired) electrons. The van der Waals surface area contributed by atoms with E-state index in [2.05, 4.69) is 5.16 Å². The van der Waals surface area contributed by atoms with Crippen LogP contribution in [0.4, 0.5) is 0 Å². The lowest BCUT2D eigenvalue weighted by Crippen LogP contribution is -2.27. The minimum atomic E-state index is 0.314. The van der Waals surface area contributed by atoms with Crippen LogP contribution in [-0.4, -0.2) is 11.9 Å². The fourth-order valence-electron chi connectivity index (χ4n) is 1.48. The molecule has 3 nitrogen and oxygen atoms in total. The first-order valence-electron chi connectivity index (χ1n) is 3.84. The molecule has 1 fully saturated rings. The fraction of sp³-hybridized carbons (Fsp3) is 0.857. The molecule has 1 saturated carbocycles. The standard InChI is InChI=1S/C7H12N2O/c8-7-4-6(10-9-7)5-2-1-3-5/h5-6H,1-4H2,(H2,8,9). The van der Waals surface area contributed by atoms with Gasteiger partial charge in [-0.3, -0.25) is 0 Å². The van der Waals surface area contributed by atoms with Crippen LogP contribution in [0.25, 0.3) is 0 Å². The molecular weight excluding hydrogens is 128 g/mol. The molecule has 2 rings (SSSR count). The molecule has 0 saturated heterocycles.